The van der Waals surface area contributed by atoms with E-state index in [4.69, 9.17) is 0 Å². The molecule has 0 fully saturated rings. The third-order valence-electron chi connectivity index (χ3n) is 6.50. The second kappa shape index (κ2) is 10.5. The van der Waals surface area contributed by atoms with Gasteiger partial charge in [-0.3, -0.25) is 9.69 Å². The average Bonchev–Trinajstić information content (AvgIpc) is 3.32. The maximum atomic E-state index is 13.2. The Kier molecular flexibility index (Phi) is 7.45. The van der Waals surface area contributed by atoms with Gasteiger partial charge < -0.3 is 4.98 Å². The summed E-state index contributed by atoms with van der Waals surface area (Å²) in [6.45, 7) is 11.8. The number of hydrogen-bond acceptors (Lipinski definition) is 5. The second-order valence-corrected chi connectivity index (χ2v) is 10.3. The summed E-state index contributed by atoms with van der Waals surface area (Å²) in [7, 11) is 0. The fourth-order valence-corrected chi connectivity index (χ4v) is 4.66. The number of pyridine rings is 1. The molecule has 4 aromatic rings. The highest BCUT2D eigenvalue weighted by molar-refractivity contribution is 5.81. The molecule has 0 saturated heterocycles. The van der Waals surface area contributed by atoms with Crippen LogP contribution in [0.25, 0.3) is 10.9 Å². The number of aryl methyl sites for hydroxylation is 1. The van der Waals surface area contributed by atoms with Crippen LogP contribution in [0.3, 0.4) is 0 Å². The molecule has 0 amide bonds. The number of nitrogens with zero attached hydrogens (tertiary/aromatic N) is 5. The molecule has 2 aromatic heterocycles. The average molecular weight is 473 g/mol. The molecule has 1 atom stereocenters. The normalized spacial score (nSPS) is 13.0. The van der Waals surface area contributed by atoms with Crippen LogP contribution in [0, 0.1) is 6.92 Å². The molecule has 0 saturated carbocycles. The van der Waals surface area contributed by atoms with Crippen molar-refractivity contribution in [3.63, 3.8) is 0 Å². The summed E-state index contributed by atoms with van der Waals surface area (Å²) >= 11 is 0. The zero-order valence-electron chi connectivity index (χ0n) is 21.5. The number of H-pyrrole nitrogens is 1. The zero-order valence-corrected chi connectivity index (χ0v) is 21.5. The molecule has 7 nitrogen and oxygen atoms in total. The minimum Gasteiger partial charge on any atom is -0.321 e. The van der Waals surface area contributed by atoms with Crippen molar-refractivity contribution in [3.05, 3.63) is 87.5 Å². The maximum Gasteiger partial charge on any atom is 0.252 e. The minimum absolute atomic E-state index is 0.00876. The van der Waals surface area contributed by atoms with E-state index in [2.05, 4.69) is 83.4 Å². The van der Waals surface area contributed by atoms with Crippen LogP contribution < -0.4 is 5.56 Å². The Morgan fingerprint density at radius 3 is 2.57 bits per heavy atom. The molecule has 7 heteroatoms. The van der Waals surface area contributed by atoms with Crippen molar-refractivity contribution in [3.8, 4) is 0 Å². The van der Waals surface area contributed by atoms with Crippen LogP contribution in [0.1, 0.15) is 69.1 Å². The van der Waals surface area contributed by atoms with Gasteiger partial charge in [-0.15, -0.1) is 5.10 Å². The van der Waals surface area contributed by atoms with Gasteiger partial charge in [0, 0.05) is 18.7 Å². The number of para-hydroxylation sites is 1. The Balaban J connectivity index is 1.74. The van der Waals surface area contributed by atoms with Gasteiger partial charge in [-0.1, -0.05) is 61.9 Å². The third kappa shape index (κ3) is 5.68. The molecule has 0 aliphatic carbocycles. The minimum atomic E-state index is -0.242. The molecular formula is C28H36N6O. The highest BCUT2D eigenvalue weighted by Gasteiger charge is 2.30. The fraction of sp³-hybridized carbons (Fsp3) is 0.429. The first kappa shape index (κ1) is 24.8. The van der Waals surface area contributed by atoms with Gasteiger partial charge in [-0.25, -0.2) is 4.68 Å². The molecule has 0 radical (unpaired) electrons. The van der Waals surface area contributed by atoms with Crippen LogP contribution in [0.2, 0.25) is 0 Å². The number of aromatic amines is 1. The SMILES string of the molecule is CCC[C@@H](c1nnnn1C(C)(C)C)N(CCc1ccccc1)Cc1cc2cccc(C)c2[nH]c1=O. The van der Waals surface area contributed by atoms with Crippen LogP contribution >= 0.6 is 0 Å². The van der Waals surface area contributed by atoms with Gasteiger partial charge in [0.05, 0.1) is 17.1 Å². The lowest BCUT2D eigenvalue weighted by Crippen LogP contribution is -2.36. The lowest BCUT2D eigenvalue weighted by molar-refractivity contribution is 0.158. The predicted molar refractivity (Wildman–Crippen MR) is 140 cm³/mol. The molecule has 0 bridgehead atoms. The molecule has 4 rings (SSSR count). The van der Waals surface area contributed by atoms with Gasteiger partial charge in [-0.2, -0.15) is 0 Å². The first-order chi connectivity index (χ1) is 16.8. The molecule has 0 unspecified atom stereocenters. The fourth-order valence-electron chi connectivity index (χ4n) is 4.66. The van der Waals surface area contributed by atoms with Gasteiger partial charge in [0.2, 0.25) is 0 Å². The molecule has 1 N–H and O–H groups in total. The van der Waals surface area contributed by atoms with E-state index < -0.39 is 0 Å². The molecule has 0 aliphatic heterocycles. The molecule has 0 aliphatic rings. The standard InChI is InChI=1S/C28H36N6O/c1-6-11-24(26-30-31-32-34(26)28(3,4)5)33(17-16-21-13-8-7-9-14-21)19-23-18-22-15-10-12-20(2)25(22)29-27(23)35/h7-10,12-15,18,24H,6,11,16-17,19H2,1-5H3,(H,29,35)/t24-/m0/s1. The molecule has 35 heavy (non-hydrogen) atoms. The van der Waals surface area contributed by atoms with Crippen molar-refractivity contribution in [2.24, 2.45) is 0 Å². The summed E-state index contributed by atoms with van der Waals surface area (Å²) in [6.07, 6.45) is 2.76. The van der Waals surface area contributed by atoms with E-state index in [1.165, 1.54) is 5.56 Å². The highest BCUT2D eigenvalue weighted by atomic mass is 16.1. The number of tetrazole rings is 1. The Morgan fingerprint density at radius 1 is 1.09 bits per heavy atom. The van der Waals surface area contributed by atoms with Gasteiger partial charge in [0.25, 0.3) is 5.56 Å². The van der Waals surface area contributed by atoms with Gasteiger partial charge >= 0.3 is 0 Å². The number of aromatic nitrogens is 5. The Labute approximate surface area is 207 Å². The summed E-state index contributed by atoms with van der Waals surface area (Å²) in [5.74, 6) is 0.848. The summed E-state index contributed by atoms with van der Waals surface area (Å²) in [6, 6.07) is 18.6. The van der Waals surface area contributed by atoms with Crippen LogP contribution in [-0.4, -0.2) is 36.6 Å². The quantitative estimate of drug-likeness (QED) is 0.364. The highest BCUT2D eigenvalue weighted by Crippen LogP contribution is 2.29. The lowest BCUT2D eigenvalue weighted by atomic mass is 10.0. The second-order valence-electron chi connectivity index (χ2n) is 10.3. The van der Waals surface area contributed by atoms with E-state index in [9.17, 15) is 4.79 Å². The third-order valence-corrected chi connectivity index (χ3v) is 6.50. The Bertz CT molecular complexity index is 1320. The first-order valence-electron chi connectivity index (χ1n) is 12.5. The van der Waals surface area contributed by atoms with Crippen molar-refractivity contribution in [2.45, 2.75) is 72.0 Å². The predicted octanol–water partition coefficient (Wildman–Crippen LogP) is 5.16. The van der Waals surface area contributed by atoms with E-state index in [1.54, 1.807) is 0 Å². The summed E-state index contributed by atoms with van der Waals surface area (Å²) in [4.78, 5) is 18.7. The number of hydrogen-bond donors (Lipinski definition) is 1. The molecule has 2 aromatic carbocycles. The molecular weight excluding hydrogens is 436 g/mol. The summed E-state index contributed by atoms with van der Waals surface area (Å²) in [5, 5.41) is 13.9. The Morgan fingerprint density at radius 2 is 1.86 bits per heavy atom. The number of rotatable bonds is 9. The Hall–Kier alpha value is -3.32. The van der Waals surface area contributed by atoms with E-state index in [1.807, 2.05) is 35.9 Å². The molecule has 2 heterocycles. The lowest BCUT2D eigenvalue weighted by Gasteiger charge is -2.33. The van der Waals surface area contributed by atoms with Crippen LogP contribution in [-0.2, 0) is 18.5 Å². The van der Waals surface area contributed by atoms with Crippen molar-refractivity contribution in [1.82, 2.24) is 30.1 Å². The van der Waals surface area contributed by atoms with Crippen molar-refractivity contribution >= 4 is 10.9 Å². The van der Waals surface area contributed by atoms with Gasteiger partial charge in [0.1, 0.15) is 0 Å². The zero-order chi connectivity index (χ0) is 25.0. The van der Waals surface area contributed by atoms with Crippen LogP contribution in [0.4, 0.5) is 0 Å². The van der Waals surface area contributed by atoms with E-state index in [-0.39, 0.29) is 17.1 Å². The van der Waals surface area contributed by atoms with Crippen LogP contribution in [0.5, 0.6) is 0 Å². The number of fused-ring (bicyclic) bond motifs is 1. The van der Waals surface area contributed by atoms with E-state index >= 15 is 0 Å². The molecule has 184 valence electrons. The van der Waals surface area contributed by atoms with Crippen molar-refractivity contribution < 1.29 is 0 Å². The van der Waals surface area contributed by atoms with E-state index in [0.29, 0.717) is 6.54 Å². The maximum absolute atomic E-state index is 13.2. The topological polar surface area (TPSA) is 79.7 Å². The van der Waals surface area contributed by atoms with Gasteiger partial charge in [-0.05, 0) is 73.5 Å². The van der Waals surface area contributed by atoms with Crippen LogP contribution in [0.15, 0.2) is 59.4 Å². The molecule has 0 spiro atoms. The smallest absolute Gasteiger partial charge is 0.252 e. The van der Waals surface area contributed by atoms with E-state index in [0.717, 1.165) is 53.7 Å². The summed E-state index contributed by atoms with van der Waals surface area (Å²) < 4.78 is 1.93. The first-order valence-corrected chi connectivity index (χ1v) is 12.5. The number of benzene rings is 2. The monoisotopic (exact) mass is 472 g/mol. The summed E-state index contributed by atoms with van der Waals surface area (Å²) in [5.41, 5.74) is 3.72. The van der Waals surface area contributed by atoms with Gasteiger partial charge in [0.15, 0.2) is 5.82 Å². The van der Waals surface area contributed by atoms with Crippen molar-refractivity contribution in [1.29, 1.82) is 0 Å². The number of nitrogens with one attached hydrogen (secondary N) is 1. The largest absolute Gasteiger partial charge is 0.321 e. The van der Waals surface area contributed by atoms with Crippen molar-refractivity contribution in [2.75, 3.05) is 6.54 Å².